The lowest BCUT2D eigenvalue weighted by atomic mass is 10.1. The van der Waals surface area contributed by atoms with Gasteiger partial charge in [0.25, 0.3) is 11.6 Å². The molecule has 1 saturated carbocycles. The third-order valence-corrected chi connectivity index (χ3v) is 3.95. The summed E-state index contributed by atoms with van der Waals surface area (Å²) in [7, 11) is 3.37. The van der Waals surface area contributed by atoms with Crippen molar-refractivity contribution < 1.29 is 9.72 Å². The Morgan fingerprint density at radius 1 is 1.50 bits per heavy atom. The molecule has 0 aliphatic heterocycles. The van der Waals surface area contributed by atoms with Crippen molar-refractivity contribution in [3.63, 3.8) is 0 Å². The molecule has 1 aliphatic rings. The number of nitrogens with one attached hydrogen (secondary N) is 1. The normalized spacial score (nSPS) is 15.6. The SMILES string of the molecule is CNc1ccc(C(=O)N(C)C(C)C2CC2)cc1[N+](=O)[O-]. The van der Waals surface area contributed by atoms with Crippen molar-refractivity contribution in [1.29, 1.82) is 0 Å². The van der Waals surface area contributed by atoms with Crippen molar-refractivity contribution in [3.05, 3.63) is 33.9 Å². The van der Waals surface area contributed by atoms with E-state index in [1.165, 1.54) is 6.07 Å². The van der Waals surface area contributed by atoms with E-state index >= 15 is 0 Å². The number of carbonyl (C=O) groups is 1. The average molecular weight is 277 g/mol. The summed E-state index contributed by atoms with van der Waals surface area (Å²) in [5.74, 6) is 0.394. The minimum absolute atomic E-state index is 0.0779. The third-order valence-electron chi connectivity index (χ3n) is 3.95. The molecule has 2 rings (SSSR count). The lowest BCUT2D eigenvalue weighted by Crippen LogP contribution is -2.36. The zero-order valence-corrected chi connectivity index (χ0v) is 11.9. The summed E-state index contributed by atoms with van der Waals surface area (Å²) in [6.45, 7) is 2.02. The summed E-state index contributed by atoms with van der Waals surface area (Å²) < 4.78 is 0. The number of nitro benzene ring substituents is 1. The lowest BCUT2D eigenvalue weighted by molar-refractivity contribution is -0.384. The Balaban J connectivity index is 2.25. The number of nitrogens with zero attached hydrogens (tertiary/aromatic N) is 2. The highest BCUT2D eigenvalue weighted by atomic mass is 16.6. The molecule has 1 unspecified atom stereocenters. The van der Waals surface area contributed by atoms with Crippen LogP contribution in [0.5, 0.6) is 0 Å². The van der Waals surface area contributed by atoms with E-state index in [1.54, 1.807) is 31.1 Å². The van der Waals surface area contributed by atoms with Crippen molar-refractivity contribution in [3.8, 4) is 0 Å². The first-order valence-electron chi connectivity index (χ1n) is 6.69. The Hall–Kier alpha value is -2.11. The number of anilines is 1. The first-order valence-corrected chi connectivity index (χ1v) is 6.69. The van der Waals surface area contributed by atoms with Gasteiger partial charge in [-0.05, 0) is 37.8 Å². The van der Waals surface area contributed by atoms with Crippen LogP contribution in [0.2, 0.25) is 0 Å². The van der Waals surface area contributed by atoms with Crippen LogP contribution in [-0.4, -0.2) is 35.9 Å². The highest BCUT2D eigenvalue weighted by Crippen LogP contribution is 2.35. The first-order chi connectivity index (χ1) is 9.45. The molecular formula is C14H19N3O3. The van der Waals surface area contributed by atoms with Crippen LogP contribution in [0.15, 0.2) is 18.2 Å². The molecule has 1 aliphatic carbocycles. The molecule has 1 aromatic rings. The summed E-state index contributed by atoms with van der Waals surface area (Å²) >= 11 is 0. The van der Waals surface area contributed by atoms with E-state index in [4.69, 9.17) is 0 Å². The number of rotatable bonds is 5. The molecule has 0 heterocycles. The molecule has 6 nitrogen and oxygen atoms in total. The number of hydrogen-bond donors (Lipinski definition) is 1. The molecule has 0 saturated heterocycles. The van der Waals surface area contributed by atoms with E-state index < -0.39 is 4.92 Å². The summed E-state index contributed by atoms with van der Waals surface area (Å²) in [6, 6.07) is 4.70. The zero-order chi connectivity index (χ0) is 14.9. The summed E-state index contributed by atoms with van der Waals surface area (Å²) in [5.41, 5.74) is 0.681. The Kier molecular flexibility index (Phi) is 3.92. The number of carbonyl (C=O) groups excluding carboxylic acids is 1. The zero-order valence-electron chi connectivity index (χ0n) is 11.9. The van der Waals surface area contributed by atoms with E-state index in [2.05, 4.69) is 5.32 Å². The molecule has 1 aromatic carbocycles. The highest BCUT2D eigenvalue weighted by molar-refractivity contribution is 5.95. The van der Waals surface area contributed by atoms with Crippen molar-refractivity contribution in [2.75, 3.05) is 19.4 Å². The van der Waals surface area contributed by atoms with Crippen LogP contribution >= 0.6 is 0 Å². The van der Waals surface area contributed by atoms with Gasteiger partial charge in [-0.3, -0.25) is 14.9 Å². The maximum atomic E-state index is 12.4. The molecule has 108 valence electrons. The Morgan fingerprint density at radius 2 is 2.15 bits per heavy atom. The van der Waals surface area contributed by atoms with Crippen molar-refractivity contribution in [2.24, 2.45) is 5.92 Å². The van der Waals surface area contributed by atoms with Gasteiger partial charge in [0.2, 0.25) is 0 Å². The largest absolute Gasteiger partial charge is 0.383 e. The van der Waals surface area contributed by atoms with E-state index in [-0.39, 0.29) is 17.6 Å². The maximum Gasteiger partial charge on any atom is 0.293 e. The van der Waals surface area contributed by atoms with E-state index in [0.717, 1.165) is 12.8 Å². The minimum atomic E-state index is -0.479. The molecular weight excluding hydrogens is 258 g/mol. The van der Waals surface area contributed by atoms with Gasteiger partial charge in [0.15, 0.2) is 0 Å². The van der Waals surface area contributed by atoms with Crippen LogP contribution in [0.25, 0.3) is 0 Å². The van der Waals surface area contributed by atoms with Crippen molar-refractivity contribution >= 4 is 17.3 Å². The second-order valence-electron chi connectivity index (χ2n) is 5.23. The molecule has 1 atom stereocenters. The number of hydrogen-bond acceptors (Lipinski definition) is 4. The van der Waals surface area contributed by atoms with Gasteiger partial charge >= 0.3 is 0 Å². The van der Waals surface area contributed by atoms with Gasteiger partial charge in [0.05, 0.1) is 4.92 Å². The first kappa shape index (κ1) is 14.3. The fourth-order valence-electron chi connectivity index (χ4n) is 2.31. The number of benzene rings is 1. The predicted molar refractivity (Wildman–Crippen MR) is 76.9 cm³/mol. The second kappa shape index (κ2) is 5.48. The van der Waals surface area contributed by atoms with Gasteiger partial charge in [-0.1, -0.05) is 0 Å². The molecule has 1 fully saturated rings. The monoisotopic (exact) mass is 277 g/mol. The summed E-state index contributed by atoms with van der Waals surface area (Å²) in [4.78, 5) is 24.6. The molecule has 6 heteroatoms. The standard InChI is InChI=1S/C14H19N3O3/c1-9(10-4-5-10)16(3)14(18)11-6-7-12(15-2)13(8-11)17(19)20/h6-10,15H,4-5H2,1-3H3. The van der Waals surface area contributed by atoms with E-state index in [9.17, 15) is 14.9 Å². The van der Waals surface area contributed by atoms with Gasteiger partial charge in [-0.25, -0.2) is 0 Å². The lowest BCUT2D eigenvalue weighted by Gasteiger charge is -2.25. The molecule has 0 radical (unpaired) electrons. The van der Waals surface area contributed by atoms with Crippen LogP contribution < -0.4 is 5.32 Å². The summed E-state index contributed by atoms with van der Waals surface area (Å²) in [5, 5.41) is 13.8. The van der Waals surface area contributed by atoms with Crippen LogP contribution in [0.3, 0.4) is 0 Å². The molecule has 0 bridgehead atoms. The van der Waals surface area contributed by atoms with Gasteiger partial charge in [0.1, 0.15) is 5.69 Å². The molecule has 0 aromatic heterocycles. The van der Waals surface area contributed by atoms with E-state index in [1.807, 2.05) is 6.92 Å². The van der Waals surface area contributed by atoms with Crippen LogP contribution in [-0.2, 0) is 0 Å². The summed E-state index contributed by atoms with van der Waals surface area (Å²) in [6.07, 6.45) is 2.30. The number of amides is 1. The Morgan fingerprint density at radius 3 is 2.65 bits per heavy atom. The average Bonchev–Trinajstić information content (AvgIpc) is 3.28. The molecule has 0 spiro atoms. The van der Waals surface area contributed by atoms with Gasteiger partial charge in [-0.15, -0.1) is 0 Å². The van der Waals surface area contributed by atoms with Gasteiger partial charge in [-0.2, -0.15) is 0 Å². The maximum absolute atomic E-state index is 12.4. The highest BCUT2D eigenvalue weighted by Gasteiger charge is 2.33. The van der Waals surface area contributed by atoms with Crippen molar-refractivity contribution in [2.45, 2.75) is 25.8 Å². The van der Waals surface area contributed by atoms with Crippen LogP contribution in [0.1, 0.15) is 30.1 Å². The minimum Gasteiger partial charge on any atom is -0.383 e. The molecule has 20 heavy (non-hydrogen) atoms. The molecule has 1 N–H and O–H groups in total. The fraction of sp³-hybridized carbons (Fsp3) is 0.500. The predicted octanol–water partition coefficient (Wildman–Crippen LogP) is 2.51. The second-order valence-corrected chi connectivity index (χ2v) is 5.23. The fourth-order valence-corrected chi connectivity index (χ4v) is 2.31. The third kappa shape index (κ3) is 2.74. The van der Waals surface area contributed by atoms with Gasteiger partial charge < -0.3 is 10.2 Å². The van der Waals surface area contributed by atoms with Crippen molar-refractivity contribution in [1.82, 2.24) is 4.90 Å². The Labute approximate surface area is 117 Å². The Bertz CT molecular complexity index is 540. The van der Waals surface area contributed by atoms with Crippen LogP contribution in [0.4, 0.5) is 11.4 Å². The number of nitro groups is 1. The van der Waals surface area contributed by atoms with Gasteiger partial charge in [0, 0.05) is 31.8 Å². The smallest absolute Gasteiger partial charge is 0.293 e. The molecule has 1 amide bonds. The van der Waals surface area contributed by atoms with E-state index in [0.29, 0.717) is 17.2 Å². The topological polar surface area (TPSA) is 75.5 Å². The van der Waals surface area contributed by atoms with Crippen LogP contribution in [0, 0.1) is 16.0 Å². The quantitative estimate of drug-likeness (QED) is 0.662.